The number of benzene rings is 3. The fourth-order valence-corrected chi connectivity index (χ4v) is 3.81. The van der Waals surface area contributed by atoms with Gasteiger partial charge in [0.15, 0.2) is 11.7 Å². The molecular weight excluding hydrogens is 427 g/mol. The molecule has 1 N–H and O–H groups in total. The van der Waals surface area contributed by atoms with Crippen molar-refractivity contribution in [2.75, 3.05) is 11.9 Å². The highest BCUT2D eigenvalue weighted by atomic mass is 32.1. The van der Waals surface area contributed by atoms with Gasteiger partial charge in [-0.15, -0.1) is 11.3 Å². The Morgan fingerprint density at radius 3 is 2.34 bits per heavy atom. The Labute approximate surface area is 189 Å². The van der Waals surface area contributed by atoms with E-state index in [2.05, 4.69) is 10.3 Å². The molecule has 0 fully saturated rings. The number of ether oxygens (including phenoxy) is 2. The summed E-state index contributed by atoms with van der Waals surface area (Å²) < 4.78 is 25.1. The van der Waals surface area contributed by atoms with Gasteiger partial charge in [0.05, 0.1) is 0 Å². The van der Waals surface area contributed by atoms with E-state index in [0.29, 0.717) is 29.5 Å². The first kappa shape index (κ1) is 21.5. The lowest BCUT2D eigenvalue weighted by Gasteiger charge is -2.08. The average Bonchev–Trinajstić information content (AvgIpc) is 3.26. The van der Waals surface area contributed by atoms with Crippen LogP contribution in [0.3, 0.4) is 0 Å². The third-order valence-electron chi connectivity index (χ3n) is 4.56. The van der Waals surface area contributed by atoms with Crippen LogP contribution in [-0.2, 0) is 17.8 Å². The van der Waals surface area contributed by atoms with Crippen LogP contribution in [0.4, 0.5) is 9.52 Å². The molecule has 1 aromatic heterocycles. The van der Waals surface area contributed by atoms with Gasteiger partial charge in [0.1, 0.15) is 23.9 Å². The van der Waals surface area contributed by atoms with Gasteiger partial charge >= 0.3 is 0 Å². The van der Waals surface area contributed by atoms with Gasteiger partial charge in [-0.25, -0.2) is 9.37 Å². The zero-order valence-electron chi connectivity index (χ0n) is 17.2. The number of carbonyl (C=O) groups excluding carboxylic acids is 1. The summed E-state index contributed by atoms with van der Waals surface area (Å²) in [5.41, 5.74) is 1.68. The van der Waals surface area contributed by atoms with Crippen LogP contribution < -0.4 is 14.8 Å². The monoisotopic (exact) mass is 448 g/mol. The van der Waals surface area contributed by atoms with Crippen molar-refractivity contribution in [3.8, 4) is 11.5 Å². The molecule has 7 heteroatoms. The van der Waals surface area contributed by atoms with E-state index in [-0.39, 0.29) is 18.3 Å². The summed E-state index contributed by atoms with van der Waals surface area (Å²) in [7, 11) is 0. The summed E-state index contributed by atoms with van der Waals surface area (Å²) >= 11 is 1.31. The van der Waals surface area contributed by atoms with Crippen LogP contribution in [0.1, 0.15) is 16.0 Å². The van der Waals surface area contributed by atoms with Gasteiger partial charge in [-0.1, -0.05) is 48.5 Å². The molecule has 32 heavy (non-hydrogen) atoms. The first-order valence-electron chi connectivity index (χ1n) is 10.0. The van der Waals surface area contributed by atoms with Crippen LogP contribution >= 0.6 is 11.3 Å². The SMILES string of the molecule is O=C(COc1ccc(OCc2ccccc2)cc1)Nc1ncc(Cc2ccccc2F)s1. The molecule has 0 saturated carbocycles. The van der Waals surface area contributed by atoms with Gasteiger partial charge in [-0.3, -0.25) is 10.1 Å². The van der Waals surface area contributed by atoms with E-state index in [0.717, 1.165) is 16.2 Å². The van der Waals surface area contributed by atoms with E-state index < -0.39 is 0 Å². The van der Waals surface area contributed by atoms with Crippen LogP contribution in [0, 0.1) is 5.82 Å². The summed E-state index contributed by atoms with van der Waals surface area (Å²) in [6.45, 7) is 0.336. The molecule has 0 unspecified atom stereocenters. The molecule has 0 saturated heterocycles. The maximum absolute atomic E-state index is 13.8. The first-order valence-corrected chi connectivity index (χ1v) is 10.8. The Hall–Kier alpha value is -3.71. The molecule has 0 spiro atoms. The smallest absolute Gasteiger partial charge is 0.264 e. The quantitative estimate of drug-likeness (QED) is 0.369. The molecule has 4 rings (SSSR count). The van der Waals surface area contributed by atoms with E-state index in [1.807, 2.05) is 30.3 Å². The molecule has 0 aliphatic heterocycles. The van der Waals surface area contributed by atoms with Crippen molar-refractivity contribution in [3.05, 3.63) is 107 Å². The Kier molecular flexibility index (Phi) is 7.09. The zero-order chi connectivity index (χ0) is 22.2. The second-order valence-corrected chi connectivity index (χ2v) is 8.10. The van der Waals surface area contributed by atoms with Crippen LogP contribution in [0.2, 0.25) is 0 Å². The maximum atomic E-state index is 13.8. The summed E-state index contributed by atoms with van der Waals surface area (Å²) in [5.74, 6) is 0.708. The second kappa shape index (κ2) is 10.5. The van der Waals surface area contributed by atoms with Crippen LogP contribution in [-0.4, -0.2) is 17.5 Å². The van der Waals surface area contributed by atoms with Crippen LogP contribution in [0.5, 0.6) is 11.5 Å². The van der Waals surface area contributed by atoms with Crippen molar-refractivity contribution in [3.63, 3.8) is 0 Å². The minimum absolute atomic E-state index is 0.146. The fourth-order valence-electron chi connectivity index (χ4n) is 2.95. The largest absolute Gasteiger partial charge is 0.489 e. The van der Waals surface area contributed by atoms with Crippen molar-refractivity contribution >= 4 is 22.4 Å². The number of rotatable bonds is 9. The third-order valence-corrected chi connectivity index (χ3v) is 5.48. The average molecular weight is 449 g/mol. The van der Waals surface area contributed by atoms with Gasteiger partial charge in [-0.2, -0.15) is 0 Å². The molecule has 0 aliphatic rings. The zero-order valence-corrected chi connectivity index (χ0v) is 18.0. The molecule has 5 nitrogen and oxygen atoms in total. The van der Waals surface area contributed by atoms with Crippen molar-refractivity contribution in [2.45, 2.75) is 13.0 Å². The van der Waals surface area contributed by atoms with Crippen molar-refractivity contribution in [2.24, 2.45) is 0 Å². The number of hydrogen-bond acceptors (Lipinski definition) is 5. The lowest BCUT2D eigenvalue weighted by molar-refractivity contribution is -0.118. The highest BCUT2D eigenvalue weighted by molar-refractivity contribution is 7.15. The van der Waals surface area contributed by atoms with E-state index in [1.54, 1.807) is 48.7 Å². The maximum Gasteiger partial charge on any atom is 0.264 e. The number of nitrogens with zero attached hydrogens (tertiary/aromatic N) is 1. The Balaban J connectivity index is 1.23. The van der Waals surface area contributed by atoms with Gasteiger partial charge in [0, 0.05) is 17.5 Å². The number of halogens is 1. The lowest BCUT2D eigenvalue weighted by Crippen LogP contribution is -2.19. The summed E-state index contributed by atoms with van der Waals surface area (Å²) in [6.07, 6.45) is 2.07. The molecule has 0 atom stereocenters. The second-order valence-electron chi connectivity index (χ2n) is 6.98. The molecule has 4 aromatic rings. The van der Waals surface area contributed by atoms with E-state index in [9.17, 15) is 9.18 Å². The molecule has 162 valence electrons. The minimum Gasteiger partial charge on any atom is -0.489 e. The predicted octanol–water partition coefficient (Wildman–Crippen LogP) is 5.47. The van der Waals surface area contributed by atoms with E-state index in [1.165, 1.54) is 17.4 Å². The number of amides is 1. The molecule has 3 aromatic carbocycles. The van der Waals surface area contributed by atoms with Gasteiger partial charge in [-0.05, 0) is 41.5 Å². The summed E-state index contributed by atoms with van der Waals surface area (Å²) in [4.78, 5) is 17.2. The fraction of sp³-hybridized carbons (Fsp3) is 0.120. The highest BCUT2D eigenvalue weighted by Crippen LogP contribution is 2.23. The minimum atomic E-state index is -0.318. The highest BCUT2D eigenvalue weighted by Gasteiger charge is 2.10. The summed E-state index contributed by atoms with van der Waals surface area (Å²) in [6, 6.07) is 23.6. The Bertz CT molecular complexity index is 1160. The Morgan fingerprint density at radius 1 is 0.906 bits per heavy atom. The lowest BCUT2D eigenvalue weighted by atomic mass is 10.1. The topological polar surface area (TPSA) is 60.5 Å². The Morgan fingerprint density at radius 2 is 1.59 bits per heavy atom. The molecule has 0 aliphatic carbocycles. The molecular formula is C25H21FN2O3S. The molecule has 0 bridgehead atoms. The summed E-state index contributed by atoms with van der Waals surface area (Å²) in [5, 5.41) is 3.16. The van der Waals surface area contributed by atoms with Crippen LogP contribution in [0.15, 0.2) is 85.1 Å². The van der Waals surface area contributed by atoms with Gasteiger partial charge in [0.25, 0.3) is 5.91 Å². The number of aromatic nitrogens is 1. The number of thiazole rings is 1. The van der Waals surface area contributed by atoms with Crippen molar-refractivity contribution in [1.82, 2.24) is 4.98 Å². The molecule has 1 heterocycles. The first-order chi connectivity index (χ1) is 15.7. The normalized spacial score (nSPS) is 10.5. The van der Waals surface area contributed by atoms with Gasteiger partial charge in [0.2, 0.25) is 0 Å². The third kappa shape index (κ3) is 6.15. The molecule has 1 amide bonds. The van der Waals surface area contributed by atoms with Gasteiger partial charge < -0.3 is 9.47 Å². The van der Waals surface area contributed by atoms with Crippen LogP contribution in [0.25, 0.3) is 0 Å². The number of nitrogens with one attached hydrogen (secondary N) is 1. The number of anilines is 1. The van der Waals surface area contributed by atoms with Crippen molar-refractivity contribution < 1.29 is 18.7 Å². The number of carbonyl (C=O) groups is 1. The standard InChI is InChI=1S/C25H21FN2O3S/c26-23-9-5-4-8-19(23)14-22-15-27-25(32-22)28-24(29)17-31-21-12-10-20(11-13-21)30-16-18-6-2-1-3-7-18/h1-13,15H,14,16-17H2,(H,27,28,29). The molecule has 0 radical (unpaired) electrons. The van der Waals surface area contributed by atoms with Crippen molar-refractivity contribution in [1.29, 1.82) is 0 Å². The van der Waals surface area contributed by atoms with E-state index in [4.69, 9.17) is 9.47 Å². The van der Waals surface area contributed by atoms with E-state index >= 15 is 0 Å². The number of hydrogen-bond donors (Lipinski definition) is 1. The predicted molar refractivity (Wildman–Crippen MR) is 123 cm³/mol.